The number of benzene rings is 2. The van der Waals surface area contributed by atoms with Crippen molar-refractivity contribution in [3.63, 3.8) is 0 Å². The van der Waals surface area contributed by atoms with Gasteiger partial charge in [0.15, 0.2) is 0 Å². The van der Waals surface area contributed by atoms with Crippen LogP contribution in [0.2, 0.25) is 0 Å². The quantitative estimate of drug-likeness (QED) is 0.599. The van der Waals surface area contributed by atoms with E-state index in [0.717, 1.165) is 0 Å². The molecule has 0 aliphatic heterocycles. The van der Waals surface area contributed by atoms with Crippen LogP contribution in [0, 0.1) is 16.2 Å². The molecule has 0 heterocycles. The summed E-state index contributed by atoms with van der Waals surface area (Å²) in [6, 6.07) is 22.8. The Balaban J connectivity index is 1.60. The van der Waals surface area contributed by atoms with Crippen molar-refractivity contribution in [2.75, 3.05) is 0 Å². The Labute approximate surface area is 152 Å². The maximum atomic E-state index is 2.60. The van der Waals surface area contributed by atoms with Gasteiger partial charge in [0, 0.05) is 0 Å². The van der Waals surface area contributed by atoms with Crippen LogP contribution in [0.25, 0.3) is 0 Å². The van der Waals surface area contributed by atoms with Crippen LogP contribution in [0.5, 0.6) is 0 Å². The Morgan fingerprint density at radius 1 is 0.640 bits per heavy atom. The largest absolute Gasteiger partial charge is 0.0622 e. The predicted molar refractivity (Wildman–Crippen MR) is 105 cm³/mol. The minimum Gasteiger partial charge on any atom is -0.0622 e. The van der Waals surface area contributed by atoms with Gasteiger partial charge in [0.05, 0.1) is 0 Å². The molecule has 4 fully saturated rings. The summed E-state index contributed by atoms with van der Waals surface area (Å²) in [6.07, 6.45) is 9.76. The molecule has 0 aromatic heterocycles. The van der Waals surface area contributed by atoms with Gasteiger partial charge in [-0.05, 0) is 77.7 Å². The number of hydrogen-bond acceptors (Lipinski definition) is 0. The molecule has 0 N–H and O–H groups in total. The highest BCUT2D eigenvalue weighted by molar-refractivity contribution is 5.34. The molecule has 0 heteroatoms. The second kappa shape index (κ2) is 5.00. The smallest absolute Gasteiger partial charge is 0.00312 e. The van der Waals surface area contributed by atoms with E-state index < -0.39 is 0 Å². The highest BCUT2D eigenvalue weighted by Crippen LogP contribution is 2.74. The zero-order valence-corrected chi connectivity index (χ0v) is 15.7. The van der Waals surface area contributed by atoms with Crippen LogP contribution in [0.4, 0.5) is 0 Å². The zero-order valence-electron chi connectivity index (χ0n) is 15.7. The molecule has 6 rings (SSSR count). The summed E-state index contributed by atoms with van der Waals surface area (Å²) in [7, 11) is 0. The Morgan fingerprint density at radius 2 is 1.20 bits per heavy atom. The Bertz CT molecular complexity index is 754. The van der Waals surface area contributed by atoms with Crippen molar-refractivity contribution in [1.82, 2.24) is 0 Å². The van der Waals surface area contributed by atoms with Gasteiger partial charge in [-0.3, -0.25) is 0 Å². The Morgan fingerprint density at radius 3 is 1.80 bits per heavy atom. The molecule has 0 radical (unpaired) electrons. The third-order valence-electron chi connectivity index (χ3n) is 7.51. The third-order valence-corrected chi connectivity index (χ3v) is 7.51. The third kappa shape index (κ3) is 2.48. The van der Waals surface area contributed by atoms with E-state index in [9.17, 15) is 0 Å². The van der Waals surface area contributed by atoms with Gasteiger partial charge in [-0.2, -0.15) is 0 Å². The lowest BCUT2D eigenvalue weighted by Gasteiger charge is -2.70. The van der Waals surface area contributed by atoms with E-state index in [4.69, 9.17) is 0 Å². The molecule has 2 aromatic rings. The van der Waals surface area contributed by atoms with E-state index in [-0.39, 0.29) is 0 Å². The lowest BCUT2D eigenvalue weighted by atomic mass is 9.34. The van der Waals surface area contributed by atoms with Gasteiger partial charge in [-0.25, -0.2) is 0 Å². The van der Waals surface area contributed by atoms with E-state index in [2.05, 4.69) is 74.5 Å². The van der Waals surface area contributed by atoms with Crippen LogP contribution >= 0.6 is 0 Å². The van der Waals surface area contributed by atoms with Gasteiger partial charge in [0.2, 0.25) is 0 Å². The molecule has 2 aromatic carbocycles. The van der Waals surface area contributed by atoms with Crippen molar-refractivity contribution in [3.05, 3.63) is 71.8 Å². The fraction of sp³-hybridized carbons (Fsp3) is 0.520. The first-order chi connectivity index (χ1) is 11.9. The summed E-state index contributed by atoms with van der Waals surface area (Å²) in [4.78, 5) is 0. The molecule has 4 bridgehead atoms. The van der Waals surface area contributed by atoms with Crippen molar-refractivity contribution in [1.29, 1.82) is 0 Å². The summed E-state index contributed by atoms with van der Waals surface area (Å²) in [5.41, 5.74) is 5.11. The van der Waals surface area contributed by atoms with Gasteiger partial charge in [-0.15, -0.1) is 0 Å². The molecule has 0 nitrogen and oxygen atoms in total. The predicted octanol–water partition coefficient (Wildman–Crippen LogP) is 6.55. The minimum absolute atomic E-state index is 0.411. The summed E-state index contributed by atoms with van der Waals surface area (Å²) in [5.74, 6) is 0. The highest BCUT2D eigenvalue weighted by atomic mass is 14.7. The zero-order chi connectivity index (χ0) is 17.2. The van der Waals surface area contributed by atoms with Crippen LogP contribution in [0.1, 0.15) is 63.5 Å². The first-order valence-corrected chi connectivity index (χ1v) is 10.0. The first-order valence-electron chi connectivity index (χ1n) is 10.0. The molecule has 2 unspecified atom stereocenters. The SMILES string of the molecule is CC12CC3(C)CC(Cc4ccccc4)(C1)CC(c1ccccc1)(C2)C3. The van der Waals surface area contributed by atoms with E-state index in [0.29, 0.717) is 21.7 Å². The lowest BCUT2D eigenvalue weighted by Crippen LogP contribution is -2.61. The normalized spacial score (nSPS) is 41.8. The van der Waals surface area contributed by atoms with Crippen molar-refractivity contribution in [2.24, 2.45) is 16.2 Å². The molecule has 2 atom stereocenters. The molecule has 0 amide bonds. The summed E-state index contributed by atoms with van der Waals surface area (Å²) < 4.78 is 0. The van der Waals surface area contributed by atoms with E-state index in [1.807, 2.05) is 0 Å². The van der Waals surface area contributed by atoms with Crippen molar-refractivity contribution >= 4 is 0 Å². The van der Waals surface area contributed by atoms with Crippen molar-refractivity contribution in [2.45, 2.75) is 64.2 Å². The Kier molecular flexibility index (Phi) is 3.13. The topological polar surface area (TPSA) is 0 Å². The second-order valence-corrected chi connectivity index (χ2v) is 10.5. The van der Waals surface area contributed by atoms with E-state index >= 15 is 0 Å². The van der Waals surface area contributed by atoms with Crippen LogP contribution in [0.15, 0.2) is 60.7 Å². The van der Waals surface area contributed by atoms with Gasteiger partial charge in [-0.1, -0.05) is 74.5 Å². The van der Waals surface area contributed by atoms with Crippen LogP contribution in [-0.4, -0.2) is 0 Å². The number of rotatable bonds is 3. The van der Waals surface area contributed by atoms with Crippen molar-refractivity contribution < 1.29 is 0 Å². The molecule has 0 spiro atoms. The molecular weight excluding hydrogens is 300 g/mol. The summed E-state index contributed by atoms with van der Waals surface area (Å²) >= 11 is 0. The fourth-order valence-electron chi connectivity index (χ4n) is 8.26. The first kappa shape index (κ1) is 15.7. The molecule has 25 heavy (non-hydrogen) atoms. The highest BCUT2D eigenvalue weighted by Gasteiger charge is 2.65. The maximum absolute atomic E-state index is 2.60. The average molecular weight is 331 g/mol. The van der Waals surface area contributed by atoms with Gasteiger partial charge < -0.3 is 0 Å². The Hall–Kier alpha value is -1.56. The van der Waals surface area contributed by atoms with Crippen LogP contribution in [0.3, 0.4) is 0 Å². The van der Waals surface area contributed by atoms with Gasteiger partial charge in [0.25, 0.3) is 0 Å². The van der Waals surface area contributed by atoms with Gasteiger partial charge in [0.1, 0.15) is 0 Å². The second-order valence-electron chi connectivity index (χ2n) is 10.5. The fourth-order valence-corrected chi connectivity index (χ4v) is 8.26. The van der Waals surface area contributed by atoms with Crippen molar-refractivity contribution in [3.8, 4) is 0 Å². The molecule has 4 aliphatic carbocycles. The average Bonchev–Trinajstić information content (AvgIpc) is 2.53. The monoisotopic (exact) mass is 330 g/mol. The lowest BCUT2D eigenvalue weighted by molar-refractivity contribution is -0.159. The molecule has 0 saturated heterocycles. The van der Waals surface area contributed by atoms with Crippen LogP contribution in [-0.2, 0) is 11.8 Å². The summed E-state index contributed by atoms with van der Waals surface area (Å²) in [5, 5.41) is 0. The van der Waals surface area contributed by atoms with E-state index in [1.54, 1.807) is 11.1 Å². The molecule has 4 aliphatic rings. The maximum Gasteiger partial charge on any atom is -0.00312 e. The van der Waals surface area contributed by atoms with Crippen LogP contribution < -0.4 is 0 Å². The standard InChI is InChI=1S/C25H30/c1-22-14-23(2)16-24(15-22,13-20-9-5-3-6-10-20)19-25(17-22,18-23)21-11-7-4-8-12-21/h3-12H,13-19H2,1-2H3. The van der Waals surface area contributed by atoms with E-state index in [1.165, 1.54) is 44.9 Å². The van der Waals surface area contributed by atoms with Gasteiger partial charge >= 0.3 is 0 Å². The summed E-state index contributed by atoms with van der Waals surface area (Å²) in [6.45, 7) is 5.19. The number of hydrogen-bond donors (Lipinski definition) is 0. The minimum atomic E-state index is 0.411. The molecule has 130 valence electrons. The molecular formula is C25H30. The molecule has 4 saturated carbocycles.